The summed E-state index contributed by atoms with van der Waals surface area (Å²) in [4.78, 5) is 16.7. The molecule has 2 N–H and O–H groups in total. The molecule has 0 aliphatic heterocycles. The summed E-state index contributed by atoms with van der Waals surface area (Å²) in [6.07, 6.45) is 2.27. The summed E-state index contributed by atoms with van der Waals surface area (Å²) in [7, 11) is -3.40. The van der Waals surface area contributed by atoms with E-state index in [-0.39, 0.29) is 11.7 Å². The molecule has 0 radical (unpaired) electrons. The summed E-state index contributed by atoms with van der Waals surface area (Å²) in [6, 6.07) is 13.8. The number of rotatable bonds is 7. The van der Waals surface area contributed by atoms with E-state index in [1.165, 1.54) is 6.07 Å². The second-order valence-electron chi connectivity index (χ2n) is 5.87. The monoisotopic (exact) mass is 401 g/mol. The van der Waals surface area contributed by atoms with Gasteiger partial charge in [-0.2, -0.15) is 0 Å². The summed E-state index contributed by atoms with van der Waals surface area (Å²) in [6.45, 7) is 1.79. The number of aromatic nitrogens is 1. The van der Waals surface area contributed by atoms with Crippen LogP contribution in [-0.4, -0.2) is 25.1 Å². The smallest absolute Gasteiger partial charge is 0.255 e. The highest BCUT2D eigenvalue weighted by molar-refractivity contribution is 7.92. The fraction of sp³-hybridized carbons (Fsp3) is 0.158. The third kappa shape index (κ3) is 5.15. The van der Waals surface area contributed by atoms with E-state index in [0.29, 0.717) is 23.4 Å². The molecule has 1 aromatic heterocycles. The van der Waals surface area contributed by atoms with Crippen molar-refractivity contribution in [2.24, 2.45) is 0 Å². The summed E-state index contributed by atoms with van der Waals surface area (Å²) < 4.78 is 26.3. The maximum Gasteiger partial charge on any atom is 0.255 e. The van der Waals surface area contributed by atoms with E-state index < -0.39 is 10.0 Å². The lowest BCUT2D eigenvalue weighted by atomic mass is 10.1. The number of hydrogen-bond donors (Lipinski definition) is 2. The van der Waals surface area contributed by atoms with Gasteiger partial charge in [0, 0.05) is 34.1 Å². The van der Waals surface area contributed by atoms with E-state index in [0.717, 1.165) is 10.6 Å². The van der Waals surface area contributed by atoms with Crippen molar-refractivity contribution in [1.29, 1.82) is 0 Å². The van der Waals surface area contributed by atoms with Gasteiger partial charge in [0.25, 0.3) is 5.91 Å². The molecule has 1 heterocycles. The molecule has 8 heteroatoms. The van der Waals surface area contributed by atoms with Gasteiger partial charge in [-0.3, -0.25) is 9.52 Å². The average molecular weight is 402 g/mol. The van der Waals surface area contributed by atoms with E-state index in [1.807, 2.05) is 29.6 Å². The quantitative estimate of drug-likeness (QED) is 0.621. The first-order valence-corrected chi connectivity index (χ1v) is 10.9. The van der Waals surface area contributed by atoms with Gasteiger partial charge < -0.3 is 5.32 Å². The molecule has 3 aromatic rings. The van der Waals surface area contributed by atoms with Gasteiger partial charge in [0.05, 0.1) is 5.75 Å². The van der Waals surface area contributed by atoms with Crippen molar-refractivity contribution < 1.29 is 13.2 Å². The topological polar surface area (TPSA) is 88.2 Å². The van der Waals surface area contributed by atoms with Gasteiger partial charge in [-0.15, -0.1) is 11.3 Å². The van der Waals surface area contributed by atoms with Gasteiger partial charge in [-0.25, -0.2) is 13.4 Å². The number of amides is 1. The third-order valence-corrected chi connectivity index (χ3v) is 6.01. The number of sulfonamides is 1. The highest BCUT2D eigenvalue weighted by Gasteiger charge is 2.12. The van der Waals surface area contributed by atoms with E-state index >= 15 is 0 Å². The largest absolute Gasteiger partial charge is 0.322 e. The highest BCUT2D eigenvalue weighted by atomic mass is 32.2. The van der Waals surface area contributed by atoms with Crippen LogP contribution in [0.5, 0.6) is 0 Å². The molecule has 0 aliphatic carbocycles. The van der Waals surface area contributed by atoms with Crippen molar-refractivity contribution >= 4 is 38.6 Å². The Hall–Kier alpha value is -2.71. The van der Waals surface area contributed by atoms with E-state index in [2.05, 4.69) is 15.0 Å². The molecule has 0 fully saturated rings. The minimum absolute atomic E-state index is 0.0366. The van der Waals surface area contributed by atoms with Crippen LogP contribution in [0.3, 0.4) is 0 Å². The average Bonchev–Trinajstić information content (AvgIpc) is 3.17. The van der Waals surface area contributed by atoms with Crippen molar-refractivity contribution in [1.82, 2.24) is 4.98 Å². The van der Waals surface area contributed by atoms with Crippen LogP contribution in [-0.2, 0) is 10.0 Å². The van der Waals surface area contributed by atoms with Crippen molar-refractivity contribution in [2.45, 2.75) is 13.3 Å². The number of carbonyl (C=O) groups is 1. The number of hydrogen-bond acceptors (Lipinski definition) is 5. The van der Waals surface area contributed by atoms with Crippen LogP contribution in [0, 0.1) is 0 Å². The second-order valence-corrected chi connectivity index (χ2v) is 8.61. The van der Waals surface area contributed by atoms with Crippen LogP contribution in [0.4, 0.5) is 11.4 Å². The minimum Gasteiger partial charge on any atom is -0.322 e. The molecule has 0 aliphatic rings. The first kappa shape index (κ1) is 19.1. The first-order valence-electron chi connectivity index (χ1n) is 8.39. The SMILES string of the molecule is CCCS(=O)(=O)Nc1cccc(C(=O)Nc2ccc(-c3nccs3)cc2)c1. The van der Waals surface area contributed by atoms with Crippen LogP contribution < -0.4 is 10.0 Å². The minimum atomic E-state index is -3.40. The molecule has 0 unspecified atom stereocenters. The number of carbonyl (C=O) groups excluding carboxylic acids is 1. The molecule has 3 rings (SSSR count). The zero-order valence-corrected chi connectivity index (χ0v) is 16.3. The van der Waals surface area contributed by atoms with Crippen LogP contribution >= 0.6 is 11.3 Å². The molecular weight excluding hydrogens is 382 g/mol. The Kier molecular flexibility index (Phi) is 5.88. The molecule has 0 atom stereocenters. The lowest BCUT2D eigenvalue weighted by molar-refractivity contribution is 0.102. The predicted octanol–water partition coefficient (Wildman–Crippen LogP) is 4.21. The van der Waals surface area contributed by atoms with Gasteiger partial charge >= 0.3 is 0 Å². The molecule has 27 heavy (non-hydrogen) atoms. The van der Waals surface area contributed by atoms with Crippen molar-refractivity contribution in [2.75, 3.05) is 15.8 Å². The number of nitrogens with zero attached hydrogens (tertiary/aromatic N) is 1. The number of nitrogens with one attached hydrogen (secondary N) is 2. The number of thiazole rings is 1. The number of benzene rings is 2. The Bertz CT molecular complexity index is 1010. The molecule has 0 saturated heterocycles. The maximum absolute atomic E-state index is 12.5. The molecule has 140 valence electrons. The Labute approximate surface area is 162 Å². The van der Waals surface area contributed by atoms with Crippen LogP contribution in [0.2, 0.25) is 0 Å². The normalized spacial score (nSPS) is 11.1. The van der Waals surface area contributed by atoms with Crippen LogP contribution in [0.15, 0.2) is 60.1 Å². The molecule has 0 spiro atoms. The fourth-order valence-electron chi connectivity index (χ4n) is 2.49. The number of anilines is 2. The van der Waals surface area contributed by atoms with E-state index in [4.69, 9.17) is 0 Å². The summed E-state index contributed by atoms with van der Waals surface area (Å²) in [5.41, 5.74) is 2.37. The van der Waals surface area contributed by atoms with E-state index in [9.17, 15) is 13.2 Å². The predicted molar refractivity (Wildman–Crippen MR) is 110 cm³/mol. The van der Waals surface area contributed by atoms with Crippen LogP contribution in [0.1, 0.15) is 23.7 Å². The van der Waals surface area contributed by atoms with Gasteiger partial charge in [0.2, 0.25) is 10.0 Å². The van der Waals surface area contributed by atoms with Gasteiger partial charge in [-0.05, 0) is 48.9 Å². The maximum atomic E-state index is 12.5. The molecule has 1 amide bonds. The second kappa shape index (κ2) is 8.32. The Balaban J connectivity index is 1.70. The molecule has 2 aromatic carbocycles. The highest BCUT2D eigenvalue weighted by Crippen LogP contribution is 2.23. The van der Waals surface area contributed by atoms with E-state index in [1.54, 1.807) is 42.7 Å². The lowest BCUT2D eigenvalue weighted by Gasteiger charge is -2.09. The lowest BCUT2D eigenvalue weighted by Crippen LogP contribution is -2.17. The molecular formula is C19H19N3O3S2. The first-order chi connectivity index (χ1) is 13.0. The Morgan fingerprint density at radius 1 is 1.11 bits per heavy atom. The Morgan fingerprint density at radius 2 is 1.89 bits per heavy atom. The standard InChI is InChI=1S/C19H19N3O3S2/c1-2-12-27(24,25)22-17-5-3-4-15(13-17)18(23)21-16-8-6-14(7-9-16)19-20-10-11-26-19/h3-11,13,22H,2,12H2,1H3,(H,21,23). The third-order valence-electron chi connectivity index (χ3n) is 3.69. The zero-order valence-electron chi connectivity index (χ0n) is 14.7. The van der Waals surface area contributed by atoms with Gasteiger partial charge in [0.1, 0.15) is 5.01 Å². The Morgan fingerprint density at radius 3 is 2.56 bits per heavy atom. The fourth-order valence-corrected chi connectivity index (χ4v) is 4.26. The molecule has 0 saturated carbocycles. The summed E-state index contributed by atoms with van der Waals surface area (Å²) in [5, 5.41) is 5.64. The summed E-state index contributed by atoms with van der Waals surface area (Å²) in [5.74, 6) is -0.275. The molecule has 6 nitrogen and oxygen atoms in total. The van der Waals surface area contributed by atoms with Crippen molar-refractivity contribution in [3.8, 4) is 10.6 Å². The summed E-state index contributed by atoms with van der Waals surface area (Å²) >= 11 is 1.55. The van der Waals surface area contributed by atoms with Gasteiger partial charge in [0.15, 0.2) is 0 Å². The molecule has 0 bridgehead atoms. The van der Waals surface area contributed by atoms with Crippen molar-refractivity contribution in [3.05, 3.63) is 65.7 Å². The van der Waals surface area contributed by atoms with Crippen LogP contribution in [0.25, 0.3) is 10.6 Å². The zero-order chi connectivity index (χ0) is 19.3. The van der Waals surface area contributed by atoms with Gasteiger partial charge in [-0.1, -0.05) is 13.0 Å². The van der Waals surface area contributed by atoms with Crippen molar-refractivity contribution in [3.63, 3.8) is 0 Å².